The highest BCUT2D eigenvalue weighted by molar-refractivity contribution is 4.82. The van der Waals surface area contributed by atoms with E-state index in [1.54, 1.807) is 0 Å². The van der Waals surface area contributed by atoms with Gasteiger partial charge in [-0.25, -0.2) is 0 Å². The van der Waals surface area contributed by atoms with E-state index in [-0.39, 0.29) is 0 Å². The average Bonchev–Trinajstić information content (AvgIpc) is 1.77. The quantitative estimate of drug-likeness (QED) is 0.391. The van der Waals surface area contributed by atoms with E-state index in [9.17, 15) is 0 Å². The first-order chi connectivity index (χ1) is 4.13. The van der Waals surface area contributed by atoms with E-state index in [1.165, 1.54) is 0 Å². The zero-order valence-corrected chi connectivity index (χ0v) is 5.38. The Morgan fingerprint density at radius 3 is 2.33 bits per heavy atom. The summed E-state index contributed by atoms with van der Waals surface area (Å²) in [6.07, 6.45) is 3.05. The Morgan fingerprint density at radius 1 is 1.33 bits per heavy atom. The van der Waals surface area contributed by atoms with Crippen molar-refractivity contribution in [2.75, 3.05) is 0 Å². The number of nitrogens with two attached hydrogens (primary N) is 1. The van der Waals surface area contributed by atoms with Crippen LogP contribution in [0.2, 0.25) is 0 Å². The number of aliphatic hydroxyl groups is 2. The Labute approximate surface area is 54.5 Å². The van der Waals surface area contributed by atoms with E-state index in [4.69, 9.17) is 15.9 Å². The molecule has 0 aromatic rings. The fourth-order valence-electron chi connectivity index (χ4n) is 1.17. The summed E-state index contributed by atoms with van der Waals surface area (Å²) in [6.45, 7) is 0. The van der Waals surface area contributed by atoms with E-state index in [2.05, 4.69) is 0 Å². The van der Waals surface area contributed by atoms with E-state index < -0.39 is 11.8 Å². The second-order valence-electron chi connectivity index (χ2n) is 2.73. The maximum Gasteiger partial charge on any atom is 0.178 e. The molecule has 0 radical (unpaired) electrons. The molecule has 1 atom stereocenters. The van der Waals surface area contributed by atoms with Gasteiger partial charge in [0.1, 0.15) is 0 Å². The monoisotopic (exact) mass is 131 g/mol. The van der Waals surface area contributed by atoms with Gasteiger partial charge < -0.3 is 15.9 Å². The fraction of sp³-hybridized carbons (Fsp3) is 1.00. The van der Waals surface area contributed by atoms with E-state index in [1.807, 2.05) is 0 Å². The van der Waals surface area contributed by atoms with Gasteiger partial charge in [0.05, 0.1) is 6.04 Å². The van der Waals surface area contributed by atoms with Gasteiger partial charge in [-0.3, -0.25) is 0 Å². The van der Waals surface area contributed by atoms with Gasteiger partial charge in [0.15, 0.2) is 5.79 Å². The molecule has 0 spiro atoms. The molecule has 0 saturated heterocycles. The Morgan fingerprint density at radius 2 is 2.00 bits per heavy atom. The lowest BCUT2D eigenvalue weighted by Crippen LogP contribution is -2.49. The molecule has 4 N–H and O–H groups in total. The van der Waals surface area contributed by atoms with Crippen molar-refractivity contribution >= 4 is 0 Å². The molecule has 1 aliphatic rings. The van der Waals surface area contributed by atoms with Crippen LogP contribution in [0.15, 0.2) is 0 Å². The normalized spacial score (nSPS) is 34.3. The predicted octanol–water partition coefficient (Wildman–Crippen LogP) is -0.431. The third-order valence-electron chi connectivity index (χ3n) is 1.90. The first kappa shape index (κ1) is 6.99. The molecule has 1 aliphatic carbocycles. The molecule has 3 nitrogen and oxygen atoms in total. The van der Waals surface area contributed by atoms with Crippen LogP contribution >= 0.6 is 0 Å². The highest BCUT2D eigenvalue weighted by Gasteiger charge is 2.33. The van der Waals surface area contributed by atoms with Crippen molar-refractivity contribution in [2.24, 2.45) is 5.73 Å². The summed E-state index contributed by atoms with van der Waals surface area (Å²) in [5.74, 6) is -1.59. The molecule has 3 heteroatoms. The number of hydrogen-bond acceptors (Lipinski definition) is 3. The molecule has 1 unspecified atom stereocenters. The Balaban J connectivity index is 2.49. The van der Waals surface area contributed by atoms with Crippen molar-refractivity contribution in [3.05, 3.63) is 0 Å². The van der Waals surface area contributed by atoms with Crippen LogP contribution in [0.25, 0.3) is 0 Å². The van der Waals surface area contributed by atoms with Crippen LogP contribution in [-0.4, -0.2) is 22.0 Å². The zero-order chi connectivity index (χ0) is 6.91. The molecule has 1 rings (SSSR count). The van der Waals surface area contributed by atoms with Gasteiger partial charge >= 0.3 is 0 Å². The van der Waals surface area contributed by atoms with Crippen LogP contribution in [-0.2, 0) is 0 Å². The van der Waals surface area contributed by atoms with Crippen molar-refractivity contribution in [1.29, 1.82) is 0 Å². The first-order valence-corrected chi connectivity index (χ1v) is 3.33. The van der Waals surface area contributed by atoms with E-state index in [0.717, 1.165) is 19.3 Å². The molecule has 0 bridgehead atoms. The Kier molecular flexibility index (Phi) is 1.75. The molecular formula is C6H13NO2. The molecule has 0 amide bonds. The fourth-order valence-corrected chi connectivity index (χ4v) is 1.17. The van der Waals surface area contributed by atoms with Crippen molar-refractivity contribution in [3.63, 3.8) is 0 Å². The van der Waals surface area contributed by atoms with Gasteiger partial charge in [0, 0.05) is 6.42 Å². The summed E-state index contributed by atoms with van der Waals surface area (Å²) < 4.78 is 0. The zero-order valence-electron chi connectivity index (χ0n) is 5.38. The summed E-state index contributed by atoms with van der Waals surface area (Å²) in [4.78, 5) is 0. The number of rotatable bonds is 0. The minimum Gasteiger partial charge on any atom is -0.364 e. The maximum absolute atomic E-state index is 9.07. The van der Waals surface area contributed by atoms with Gasteiger partial charge in [0.25, 0.3) is 0 Å². The minimum absolute atomic E-state index is 0.425. The third kappa shape index (κ3) is 1.41. The molecule has 0 aromatic carbocycles. The first-order valence-electron chi connectivity index (χ1n) is 3.33. The molecule has 0 heterocycles. The smallest absolute Gasteiger partial charge is 0.178 e. The Hall–Kier alpha value is -0.120. The highest BCUT2D eigenvalue weighted by atomic mass is 16.5. The van der Waals surface area contributed by atoms with Crippen LogP contribution in [0, 0.1) is 0 Å². The van der Waals surface area contributed by atoms with E-state index >= 15 is 0 Å². The standard InChI is InChI=1S/C6H13NO2/c7-5-3-1-2-4-6(5,8)9/h5,8-9H,1-4,7H2. The van der Waals surface area contributed by atoms with Gasteiger partial charge in [-0.2, -0.15) is 0 Å². The predicted molar refractivity (Wildman–Crippen MR) is 33.6 cm³/mol. The summed E-state index contributed by atoms with van der Waals surface area (Å²) in [7, 11) is 0. The minimum atomic E-state index is -1.59. The summed E-state index contributed by atoms with van der Waals surface area (Å²) in [5, 5.41) is 18.1. The molecule has 9 heavy (non-hydrogen) atoms. The molecule has 1 fully saturated rings. The van der Waals surface area contributed by atoms with Gasteiger partial charge in [-0.15, -0.1) is 0 Å². The molecular weight excluding hydrogens is 118 g/mol. The highest BCUT2D eigenvalue weighted by Crippen LogP contribution is 2.23. The summed E-state index contributed by atoms with van der Waals surface area (Å²) in [5.41, 5.74) is 5.41. The van der Waals surface area contributed by atoms with Crippen LogP contribution in [0.1, 0.15) is 25.7 Å². The second kappa shape index (κ2) is 2.25. The van der Waals surface area contributed by atoms with E-state index in [0.29, 0.717) is 6.42 Å². The van der Waals surface area contributed by atoms with Gasteiger partial charge in [0.2, 0.25) is 0 Å². The number of hydrogen-bond donors (Lipinski definition) is 3. The van der Waals surface area contributed by atoms with Crippen LogP contribution in [0.5, 0.6) is 0 Å². The van der Waals surface area contributed by atoms with Crippen molar-refractivity contribution < 1.29 is 10.2 Å². The van der Waals surface area contributed by atoms with Crippen LogP contribution < -0.4 is 5.73 Å². The van der Waals surface area contributed by atoms with Crippen molar-refractivity contribution in [1.82, 2.24) is 0 Å². The summed E-state index contributed by atoms with van der Waals surface area (Å²) >= 11 is 0. The molecule has 1 saturated carbocycles. The second-order valence-corrected chi connectivity index (χ2v) is 2.73. The largest absolute Gasteiger partial charge is 0.364 e. The topological polar surface area (TPSA) is 66.5 Å². The van der Waals surface area contributed by atoms with Gasteiger partial charge in [-0.1, -0.05) is 6.42 Å². The lowest BCUT2D eigenvalue weighted by molar-refractivity contribution is -0.191. The van der Waals surface area contributed by atoms with Crippen LogP contribution in [0.4, 0.5) is 0 Å². The summed E-state index contributed by atoms with van der Waals surface area (Å²) in [6, 6.07) is -0.439. The Bertz CT molecular complexity index is 103. The lowest BCUT2D eigenvalue weighted by Gasteiger charge is -2.32. The van der Waals surface area contributed by atoms with Crippen molar-refractivity contribution in [2.45, 2.75) is 37.5 Å². The van der Waals surface area contributed by atoms with Crippen molar-refractivity contribution in [3.8, 4) is 0 Å². The average molecular weight is 131 g/mol. The molecule has 54 valence electrons. The molecule has 0 aliphatic heterocycles. The third-order valence-corrected chi connectivity index (χ3v) is 1.90. The molecule has 0 aromatic heterocycles. The van der Waals surface area contributed by atoms with Gasteiger partial charge in [-0.05, 0) is 12.8 Å². The maximum atomic E-state index is 9.07. The van der Waals surface area contributed by atoms with Crippen LogP contribution in [0.3, 0.4) is 0 Å². The SMILES string of the molecule is NC1CCCCC1(O)O. The lowest BCUT2D eigenvalue weighted by atomic mass is 9.90.